The molecule has 1 aromatic heterocycles. The van der Waals surface area contributed by atoms with E-state index in [4.69, 9.17) is 11.5 Å². The molecule has 0 unspecified atom stereocenters. The van der Waals surface area contributed by atoms with E-state index in [1.165, 1.54) is 0 Å². The number of nitrogens with zero attached hydrogens (tertiary/aromatic N) is 1. The minimum atomic E-state index is -2.78. The number of halogens is 2. The average molecular weight is 189 g/mol. The molecule has 0 atom stereocenters. The summed E-state index contributed by atoms with van der Waals surface area (Å²) in [6.07, 6.45) is -2.78. The minimum Gasteiger partial charge on any atom is -0.505 e. The molecule has 0 aliphatic carbocycles. The molecule has 0 fully saturated rings. The number of nitrogens with two attached hydrogens (primary N) is 2. The second-order valence-corrected chi connectivity index (χ2v) is 2.44. The third-order valence-corrected chi connectivity index (χ3v) is 1.54. The molecule has 1 rings (SSSR count). The number of aromatic hydroxyl groups is 1. The number of alkyl halides is 2. The molecule has 0 aliphatic rings. The number of nitrogen functional groups attached to an aromatic ring is 1. The van der Waals surface area contributed by atoms with Gasteiger partial charge in [0.1, 0.15) is 11.6 Å². The van der Waals surface area contributed by atoms with Crippen LogP contribution in [0.1, 0.15) is 17.7 Å². The van der Waals surface area contributed by atoms with Crippen molar-refractivity contribution in [1.29, 1.82) is 0 Å². The number of rotatable bonds is 2. The van der Waals surface area contributed by atoms with Crippen LogP contribution in [0.5, 0.6) is 5.75 Å². The molecule has 1 aromatic rings. The van der Waals surface area contributed by atoms with Gasteiger partial charge < -0.3 is 16.6 Å². The van der Waals surface area contributed by atoms with Crippen LogP contribution in [0.15, 0.2) is 6.07 Å². The Kier molecular flexibility index (Phi) is 2.62. The maximum Gasteiger partial charge on any atom is 0.267 e. The van der Waals surface area contributed by atoms with Gasteiger partial charge in [0, 0.05) is 6.54 Å². The summed E-state index contributed by atoms with van der Waals surface area (Å²) in [5, 5.41) is 9.21. The average Bonchev–Trinajstić information content (AvgIpc) is 2.08. The Morgan fingerprint density at radius 1 is 1.54 bits per heavy atom. The van der Waals surface area contributed by atoms with Gasteiger partial charge in [0.2, 0.25) is 0 Å². The van der Waals surface area contributed by atoms with Crippen molar-refractivity contribution in [3.8, 4) is 5.75 Å². The van der Waals surface area contributed by atoms with Crippen LogP contribution < -0.4 is 11.5 Å². The molecule has 0 radical (unpaired) electrons. The SMILES string of the molecule is NCc1nc(N)cc(C(F)F)c1O. The van der Waals surface area contributed by atoms with E-state index in [1.54, 1.807) is 0 Å². The van der Waals surface area contributed by atoms with E-state index in [9.17, 15) is 13.9 Å². The zero-order chi connectivity index (χ0) is 10.0. The van der Waals surface area contributed by atoms with E-state index in [0.717, 1.165) is 6.07 Å². The Morgan fingerprint density at radius 3 is 2.62 bits per heavy atom. The van der Waals surface area contributed by atoms with Crippen molar-refractivity contribution >= 4 is 5.82 Å². The predicted octanol–water partition coefficient (Wildman–Crippen LogP) is 0.766. The van der Waals surface area contributed by atoms with Crippen LogP contribution in [0.2, 0.25) is 0 Å². The number of hydrogen-bond acceptors (Lipinski definition) is 4. The summed E-state index contributed by atoms with van der Waals surface area (Å²) in [6.45, 7) is -0.128. The van der Waals surface area contributed by atoms with Crippen LogP contribution >= 0.6 is 0 Å². The van der Waals surface area contributed by atoms with Crippen LogP contribution in [0.25, 0.3) is 0 Å². The topological polar surface area (TPSA) is 85.2 Å². The van der Waals surface area contributed by atoms with Crippen LogP contribution in [-0.2, 0) is 6.54 Å². The summed E-state index contributed by atoms with van der Waals surface area (Å²) in [5.41, 5.74) is 9.84. The molecule has 0 spiro atoms. The molecular formula is C7H9F2N3O. The van der Waals surface area contributed by atoms with Gasteiger partial charge >= 0.3 is 0 Å². The zero-order valence-electron chi connectivity index (χ0n) is 6.67. The lowest BCUT2D eigenvalue weighted by Crippen LogP contribution is -2.05. The van der Waals surface area contributed by atoms with Crippen LogP contribution in [0.4, 0.5) is 14.6 Å². The molecule has 0 aliphatic heterocycles. The van der Waals surface area contributed by atoms with Crippen molar-refractivity contribution < 1.29 is 13.9 Å². The Labute approximate surface area is 73.2 Å². The fourth-order valence-electron chi connectivity index (χ4n) is 0.944. The van der Waals surface area contributed by atoms with Crippen molar-refractivity contribution in [2.75, 3.05) is 5.73 Å². The first-order valence-corrected chi connectivity index (χ1v) is 3.52. The summed E-state index contributed by atoms with van der Waals surface area (Å²) in [6, 6.07) is 0.930. The second kappa shape index (κ2) is 3.53. The monoisotopic (exact) mass is 189 g/mol. The Hall–Kier alpha value is -1.43. The lowest BCUT2D eigenvalue weighted by atomic mass is 10.2. The lowest BCUT2D eigenvalue weighted by molar-refractivity contribution is 0.147. The number of hydrogen-bond donors (Lipinski definition) is 3. The van der Waals surface area contributed by atoms with E-state index in [0.29, 0.717) is 0 Å². The maximum atomic E-state index is 12.2. The summed E-state index contributed by atoms with van der Waals surface area (Å²) < 4.78 is 24.5. The van der Waals surface area contributed by atoms with Crippen LogP contribution in [-0.4, -0.2) is 10.1 Å². The molecule has 5 N–H and O–H groups in total. The number of pyridine rings is 1. The largest absolute Gasteiger partial charge is 0.505 e. The third-order valence-electron chi connectivity index (χ3n) is 1.54. The summed E-state index contributed by atoms with van der Waals surface area (Å²) >= 11 is 0. The zero-order valence-corrected chi connectivity index (χ0v) is 6.67. The molecule has 0 saturated carbocycles. The van der Waals surface area contributed by atoms with E-state index in [-0.39, 0.29) is 18.1 Å². The third kappa shape index (κ3) is 1.83. The smallest absolute Gasteiger partial charge is 0.267 e. The van der Waals surface area contributed by atoms with Gasteiger partial charge in [-0.2, -0.15) is 0 Å². The van der Waals surface area contributed by atoms with Crippen molar-refractivity contribution in [3.63, 3.8) is 0 Å². The highest BCUT2D eigenvalue weighted by Crippen LogP contribution is 2.31. The van der Waals surface area contributed by atoms with Gasteiger partial charge in [-0.25, -0.2) is 13.8 Å². The Balaban J connectivity index is 3.27. The summed E-state index contributed by atoms with van der Waals surface area (Å²) in [5.74, 6) is -0.653. The van der Waals surface area contributed by atoms with E-state index in [1.807, 2.05) is 0 Å². The second-order valence-electron chi connectivity index (χ2n) is 2.44. The standard InChI is InChI=1S/C7H9F2N3O/c8-7(9)3-1-5(11)12-4(2-10)6(3)13/h1,7,13H,2,10H2,(H2,11,12). The highest BCUT2D eigenvalue weighted by atomic mass is 19.3. The van der Waals surface area contributed by atoms with Crippen LogP contribution in [0, 0.1) is 0 Å². The van der Waals surface area contributed by atoms with Gasteiger partial charge in [-0.1, -0.05) is 0 Å². The minimum absolute atomic E-state index is 0.0182. The van der Waals surface area contributed by atoms with Crippen molar-refractivity contribution in [3.05, 3.63) is 17.3 Å². The highest BCUT2D eigenvalue weighted by Gasteiger charge is 2.17. The quantitative estimate of drug-likeness (QED) is 0.641. The first-order valence-electron chi connectivity index (χ1n) is 3.52. The van der Waals surface area contributed by atoms with Gasteiger partial charge in [-0.15, -0.1) is 0 Å². The fraction of sp³-hybridized carbons (Fsp3) is 0.286. The highest BCUT2D eigenvalue weighted by molar-refractivity contribution is 5.45. The molecule has 13 heavy (non-hydrogen) atoms. The van der Waals surface area contributed by atoms with Crippen molar-refractivity contribution in [2.45, 2.75) is 13.0 Å². The first kappa shape index (κ1) is 9.66. The van der Waals surface area contributed by atoms with Crippen molar-refractivity contribution in [2.24, 2.45) is 5.73 Å². The molecule has 0 bridgehead atoms. The fourth-order valence-corrected chi connectivity index (χ4v) is 0.944. The van der Waals surface area contributed by atoms with Crippen molar-refractivity contribution in [1.82, 2.24) is 4.98 Å². The molecule has 0 aromatic carbocycles. The van der Waals surface area contributed by atoms with Gasteiger partial charge in [-0.3, -0.25) is 0 Å². The molecule has 0 amide bonds. The van der Waals surface area contributed by atoms with Gasteiger partial charge in [-0.05, 0) is 6.07 Å². The first-order chi connectivity index (χ1) is 6.06. The number of aromatic nitrogens is 1. The molecule has 6 heteroatoms. The van der Waals surface area contributed by atoms with Gasteiger partial charge in [0.25, 0.3) is 6.43 Å². The van der Waals surface area contributed by atoms with E-state index < -0.39 is 17.7 Å². The molecule has 0 saturated heterocycles. The predicted molar refractivity (Wildman–Crippen MR) is 43.2 cm³/mol. The molecule has 72 valence electrons. The van der Waals surface area contributed by atoms with Gasteiger partial charge in [0.15, 0.2) is 0 Å². The van der Waals surface area contributed by atoms with E-state index in [2.05, 4.69) is 4.98 Å². The molecule has 1 heterocycles. The molecular weight excluding hydrogens is 180 g/mol. The molecule has 4 nitrogen and oxygen atoms in total. The van der Waals surface area contributed by atoms with E-state index >= 15 is 0 Å². The van der Waals surface area contributed by atoms with Gasteiger partial charge in [0.05, 0.1) is 11.3 Å². The summed E-state index contributed by atoms with van der Waals surface area (Å²) in [7, 11) is 0. The normalized spacial score (nSPS) is 10.8. The Morgan fingerprint density at radius 2 is 2.15 bits per heavy atom. The number of anilines is 1. The lowest BCUT2D eigenvalue weighted by Gasteiger charge is -2.07. The van der Waals surface area contributed by atoms with Crippen LogP contribution in [0.3, 0.4) is 0 Å². The summed E-state index contributed by atoms with van der Waals surface area (Å²) in [4.78, 5) is 3.60. The Bertz CT molecular complexity index is 317. The maximum absolute atomic E-state index is 12.2.